The van der Waals surface area contributed by atoms with Crippen LogP contribution in [0.2, 0.25) is 0 Å². The SMILES string of the molecule is Cc1cc(N=S(C)(C)=O)cc2ncnc(Cc3ccc(F)cc3OC3CCC(O)C3)c12. The predicted octanol–water partition coefficient (Wildman–Crippen LogP) is 4.32. The molecule has 1 fully saturated rings. The third kappa shape index (κ3) is 5.19. The average molecular weight is 444 g/mol. The van der Waals surface area contributed by atoms with E-state index in [1.807, 2.05) is 19.1 Å². The van der Waals surface area contributed by atoms with Gasteiger partial charge in [0.15, 0.2) is 0 Å². The van der Waals surface area contributed by atoms with Crippen molar-refractivity contribution in [1.29, 1.82) is 0 Å². The van der Waals surface area contributed by atoms with Crippen molar-refractivity contribution in [3.05, 3.63) is 59.3 Å². The lowest BCUT2D eigenvalue weighted by atomic mass is 10.0. The zero-order valence-electron chi connectivity index (χ0n) is 17.8. The quantitative estimate of drug-likeness (QED) is 0.635. The zero-order chi connectivity index (χ0) is 22.2. The summed E-state index contributed by atoms with van der Waals surface area (Å²) in [5.41, 5.74) is 3.89. The highest BCUT2D eigenvalue weighted by molar-refractivity contribution is 7.92. The molecule has 0 bridgehead atoms. The van der Waals surface area contributed by atoms with Gasteiger partial charge >= 0.3 is 0 Å². The van der Waals surface area contributed by atoms with Gasteiger partial charge in [0.1, 0.15) is 24.0 Å². The van der Waals surface area contributed by atoms with Crippen LogP contribution in [0, 0.1) is 12.7 Å². The number of benzene rings is 2. The van der Waals surface area contributed by atoms with Crippen LogP contribution in [0.5, 0.6) is 5.75 Å². The molecule has 2 atom stereocenters. The van der Waals surface area contributed by atoms with Crippen LogP contribution >= 0.6 is 0 Å². The van der Waals surface area contributed by atoms with Gasteiger partial charge in [0, 0.05) is 52.1 Å². The number of hydrogen-bond donors (Lipinski definition) is 1. The second-order valence-corrected chi connectivity index (χ2v) is 10.9. The van der Waals surface area contributed by atoms with E-state index >= 15 is 0 Å². The van der Waals surface area contributed by atoms with Gasteiger partial charge in [0.25, 0.3) is 0 Å². The normalized spacial score (nSPS) is 19.0. The second kappa shape index (κ2) is 8.51. The van der Waals surface area contributed by atoms with Crippen molar-refractivity contribution >= 4 is 26.3 Å². The molecule has 0 spiro atoms. The van der Waals surface area contributed by atoms with Crippen molar-refractivity contribution in [3.8, 4) is 5.75 Å². The molecule has 3 aromatic rings. The van der Waals surface area contributed by atoms with E-state index in [-0.39, 0.29) is 18.0 Å². The largest absolute Gasteiger partial charge is 0.490 e. The summed E-state index contributed by atoms with van der Waals surface area (Å²) in [7, 11) is -2.28. The van der Waals surface area contributed by atoms with Gasteiger partial charge in [-0.1, -0.05) is 6.07 Å². The van der Waals surface area contributed by atoms with Gasteiger partial charge in [-0.3, -0.25) is 0 Å². The number of halogens is 1. The summed E-state index contributed by atoms with van der Waals surface area (Å²) in [6.45, 7) is 1.95. The Labute approximate surface area is 181 Å². The van der Waals surface area contributed by atoms with Crippen LogP contribution in [0.15, 0.2) is 41.0 Å². The van der Waals surface area contributed by atoms with E-state index in [0.29, 0.717) is 30.7 Å². The van der Waals surface area contributed by atoms with Crippen LogP contribution in [0.25, 0.3) is 10.9 Å². The van der Waals surface area contributed by atoms with Crippen molar-refractivity contribution < 1.29 is 18.4 Å². The molecule has 31 heavy (non-hydrogen) atoms. The van der Waals surface area contributed by atoms with Crippen LogP contribution in [-0.2, 0) is 16.1 Å². The highest BCUT2D eigenvalue weighted by atomic mass is 32.2. The third-order valence-electron chi connectivity index (χ3n) is 5.36. The predicted molar refractivity (Wildman–Crippen MR) is 120 cm³/mol. The van der Waals surface area contributed by atoms with Crippen molar-refractivity contribution in [2.75, 3.05) is 12.5 Å². The van der Waals surface area contributed by atoms with Gasteiger partial charge in [-0.15, -0.1) is 0 Å². The van der Waals surface area contributed by atoms with Gasteiger partial charge in [-0.25, -0.2) is 18.6 Å². The average Bonchev–Trinajstić information content (AvgIpc) is 3.07. The summed E-state index contributed by atoms with van der Waals surface area (Å²) in [6.07, 6.45) is 6.63. The molecule has 0 radical (unpaired) electrons. The van der Waals surface area contributed by atoms with Crippen molar-refractivity contribution in [2.45, 2.75) is 44.8 Å². The lowest BCUT2D eigenvalue weighted by Crippen LogP contribution is -2.15. The molecule has 6 nitrogen and oxygen atoms in total. The van der Waals surface area contributed by atoms with Gasteiger partial charge in [0.05, 0.1) is 23.0 Å². The highest BCUT2D eigenvalue weighted by Gasteiger charge is 2.25. The van der Waals surface area contributed by atoms with Gasteiger partial charge in [0.2, 0.25) is 0 Å². The molecule has 2 unspecified atom stereocenters. The summed E-state index contributed by atoms with van der Waals surface area (Å²) in [5, 5.41) is 10.7. The third-order valence-corrected chi connectivity index (χ3v) is 6.01. The number of rotatable bonds is 5. The van der Waals surface area contributed by atoms with E-state index in [9.17, 15) is 13.7 Å². The number of aromatic nitrogens is 2. The summed E-state index contributed by atoms with van der Waals surface area (Å²) in [5.74, 6) is 0.113. The Morgan fingerprint density at radius 1 is 1.23 bits per heavy atom. The second-order valence-electron chi connectivity index (χ2n) is 8.39. The molecule has 1 aliphatic rings. The van der Waals surface area contributed by atoms with Crippen LogP contribution in [0.4, 0.5) is 10.1 Å². The molecule has 0 saturated heterocycles. The highest BCUT2D eigenvalue weighted by Crippen LogP contribution is 2.32. The molecule has 1 aliphatic carbocycles. The zero-order valence-corrected chi connectivity index (χ0v) is 18.7. The molecule has 2 aromatic carbocycles. The van der Waals surface area contributed by atoms with Crippen LogP contribution in [0.3, 0.4) is 0 Å². The van der Waals surface area contributed by atoms with E-state index in [2.05, 4.69) is 14.3 Å². The monoisotopic (exact) mass is 443 g/mol. The maximum absolute atomic E-state index is 13.9. The van der Waals surface area contributed by atoms with E-state index in [0.717, 1.165) is 34.1 Å². The minimum Gasteiger partial charge on any atom is -0.490 e. The van der Waals surface area contributed by atoms with Gasteiger partial charge in [-0.2, -0.15) is 4.36 Å². The van der Waals surface area contributed by atoms with E-state index in [1.165, 1.54) is 18.5 Å². The summed E-state index contributed by atoms with van der Waals surface area (Å²) in [4.78, 5) is 8.87. The Morgan fingerprint density at radius 3 is 2.74 bits per heavy atom. The van der Waals surface area contributed by atoms with Crippen LogP contribution in [-0.4, -0.2) is 44.0 Å². The van der Waals surface area contributed by atoms with E-state index < -0.39 is 9.73 Å². The molecule has 8 heteroatoms. The maximum atomic E-state index is 13.9. The van der Waals surface area contributed by atoms with Crippen molar-refractivity contribution in [3.63, 3.8) is 0 Å². The van der Waals surface area contributed by atoms with Crippen molar-refractivity contribution in [2.24, 2.45) is 4.36 Å². The lowest BCUT2D eigenvalue weighted by Gasteiger charge is -2.17. The van der Waals surface area contributed by atoms with Gasteiger partial charge in [-0.05, 0) is 43.5 Å². The van der Waals surface area contributed by atoms with Crippen LogP contribution < -0.4 is 4.74 Å². The Hall–Kier alpha value is -2.58. The number of fused-ring (bicyclic) bond motifs is 1. The summed E-state index contributed by atoms with van der Waals surface area (Å²) in [6, 6.07) is 8.21. The molecule has 164 valence electrons. The first-order chi connectivity index (χ1) is 14.7. The number of aryl methyl sites for hydroxylation is 1. The fourth-order valence-corrected chi connectivity index (χ4v) is 4.67. The molecule has 1 N–H and O–H groups in total. The molecule has 0 aliphatic heterocycles. The summed E-state index contributed by atoms with van der Waals surface area (Å²) < 4.78 is 36.4. The first kappa shape index (κ1) is 21.6. The number of aliphatic hydroxyl groups is 1. The molecule has 1 aromatic heterocycles. The number of aliphatic hydroxyl groups excluding tert-OH is 1. The minimum absolute atomic E-state index is 0.124. The molecule has 0 amide bonds. The van der Waals surface area contributed by atoms with E-state index in [4.69, 9.17) is 4.74 Å². The topological polar surface area (TPSA) is 84.7 Å². The number of nitrogens with zero attached hydrogens (tertiary/aromatic N) is 3. The molecule has 1 heterocycles. The molecule has 4 rings (SSSR count). The van der Waals surface area contributed by atoms with Crippen molar-refractivity contribution in [1.82, 2.24) is 9.97 Å². The standard InChI is InChI=1S/C23H26FN3O3S/c1-14-8-17(27-31(2,3)29)11-21-23(14)20(25-13-26-21)9-15-4-5-16(24)10-22(15)30-19-7-6-18(28)12-19/h4-5,8,10-11,13,18-19,28H,6-7,9,12H2,1-3H3. The minimum atomic E-state index is -2.28. The fraction of sp³-hybridized carbons (Fsp3) is 0.391. The molecular formula is C23H26FN3O3S. The lowest BCUT2D eigenvalue weighted by molar-refractivity contribution is 0.149. The van der Waals surface area contributed by atoms with E-state index in [1.54, 1.807) is 18.6 Å². The fourth-order valence-electron chi connectivity index (χ4n) is 4.06. The first-order valence-electron chi connectivity index (χ1n) is 10.2. The molecular weight excluding hydrogens is 417 g/mol. The maximum Gasteiger partial charge on any atom is 0.126 e. The number of ether oxygens (including phenoxy) is 1. The smallest absolute Gasteiger partial charge is 0.126 e. The Bertz CT molecular complexity index is 1250. The Kier molecular flexibility index (Phi) is 5.94. The number of hydrogen-bond acceptors (Lipinski definition) is 6. The Morgan fingerprint density at radius 2 is 2.03 bits per heavy atom. The van der Waals surface area contributed by atoms with Crippen LogP contribution in [0.1, 0.15) is 36.1 Å². The Balaban J connectivity index is 1.71. The van der Waals surface area contributed by atoms with Gasteiger partial charge < -0.3 is 9.84 Å². The first-order valence-corrected chi connectivity index (χ1v) is 12.6. The summed E-state index contributed by atoms with van der Waals surface area (Å²) >= 11 is 0. The molecule has 1 saturated carbocycles.